The molecule has 2 saturated carbocycles. The molecular weight excluding hydrogens is 547 g/mol. The van der Waals surface area contributed by atoms with Crippen molar-refractivity contribution in [2.75, 3.05) is 16.8 Å². The zero-order valence-electron chi connectivity index (χ0n) is 24.0. The van der Waals surface area contributed by atoms with E-state index >= 15 is 0 Å². The molecule has 2 heterocycles. The Labute approximate surface area is 243 Å². The highest BCUT2D eigenvalue weighted by molar-refractivity contribution is 6.03. The number of ketones is 1. The Morgan fingerprint density at radius 3 is 2.40 bits per heavy atom. The molecule has 0 spiro atoms. The van der Waals surface area contributed by atoms with Gasteiger partial charge in [0, 0.05) is 48.0 Å². The Bertz CT molecular complexity index is 1340. The smallest absolute Gasteiger partial charge is 0.382 e. The van der Waals surface area contributed by atoms with Gasteiger partial charge < -0.3 is 21.3 Å². The van der Waals surface area contributed by atoms with E-state index in [-0.39, 0.29) is 47.0 Å². The van der Waals surface area contributed by atoms with Crippen LogP contribution in [0.2, 0.25) is 0 Å². The number of carbonyl (C=O) groups excluding carboxylic acids is 3. The Balaban J connectivity index is 1.35. The van der Waals surface area contributed by atoms with E-state index < -0.39 is 29.1 Å². The summed E-state index contributed by atoms with van der Waals surface area (Å²) in [6.45, 7) is 4.62. The van der Waals surface area contributed by atoms with Crippen LogP contribution >= 0.6 is 0 Å². The largest absolute Gasteiger partial charge is 0.417 e. The number of piperidine rings is 1. The van der Waals surface area contributed by atoms with Gasteiger partial charge in [0.25, 0.3) is 11.8 Å². The number of hydrogen-bond acceptors (Lipinski definition) is 6. The lowest BCUT2D eigenvalue weighted by molar-refractivity contribution is -0.137. The standard InChI is InChI=1S/C31H38F3N5O3/c1-3-20(4-2)37-25-15-22(24(31(32,33)34)14-23(25)29(35)41)30(42)38-21-12-18-6-5-11-39(26(18)13-21)27-10-9-19(16-36-27)28(40)17-7-8-17/h9-10,14-18,20-21,26,37H,3-8,11-13H2,1-2H3,(H2,35,41)(H,38,42). The molecule has 3 aliphatic rings. The lowest BCUT2D eigenvalue weighted by atomic mass is 9.92. The molecule has 5 rings (SSSR count). The number of pyridine rings is 1. The van der Waals surface area contributed by atoms with E-state index in [0.717, 1.165) is 44.1 Å². The first kappa shape index (κ1) is 29.8. The minimum absolute atomic E-state index is 0.0768. The van der Waals surface area contributed by atoms with Crippen LogP contribution in [-0.4, -0.2) is 47.3 Å². The van der Waals surface area contributed by atoms with Crippen LogP contribution in [0, 0.1) is 11.8 Å². The van der Waals surface area contributed by atoms with Crippen LogP contribution in [0.15, 0.2) is 30.5 Å². The highest BCUT2D eigenvalue weighted by Gasteiger charge is 2.42. The highest BCUT2D eigenvalue weighted by atomic mass is 19.4. The summed E-state index contributed by atoms with van der Waals surface area (Å²) in [4.78, 5) is 44.7. The van der Waals surface area contributed by atoms with Gasteiger partial charge >= 0.3 is 6.18 Å². The molecule has 42 heavy (non-hydrogen) atoms. The summed E-state index contributed by atoms with van der Waals surface area (Å²) in [7, 11) is 0. The van der Waals surface area contributed by atoms with Crippen molar-refractivity contribution >= 4 is 29.1 Å². The van der Waals surface area contributed by atoms with E-state index in [1.165, 1.54) is 0 Å². The number of amides is 2. The summed E-state index contributed by atoms with van der Waals surface area (Å²) >= 11 is 0. The number of primary amides is 1. The molecule has 8 nitrogen and oxygen atoms in total. The highest BCUT2D eigenvalue weighted by Crippen LogP contribution is 2.40. The van der Waals surface area contributed by atoms with Crippen LogP contribution in [0.4, 0.5) is 24.7 Å². The minimum atomic E-state index is -4.86. The Hall–Kier alpha value is -3.63. The molecule has 1 saturated heterocycles. The summed E-state index contributed by atoms with van der Waals surface area (Å²) in [5.41, 5.74) is 4.15. The number of rotatable bonds is 10. The first-order valence-corrected chi connectivity index (χ1v) is 14.9. The van der Waals surface area contributed by atoms with Gasteiger partial charge in [-0.3, -0.25) is 14.4 Å². The van der Waals surface area contributed by atoms with Crippen LogP contribution in [0.1, 0.15) is 102 Å². The number of nitrogens with two attached hydrogens (primary N) is 1. The molecule has 1 aromatic heterocycles. The van der Waals surface area contributed by atoms with Gasteiger partial charge in [0.2, 0.25) is 0 Å². The SMILES string of the molecule is CCC(CC)Nc1cc(C(=O)NC2CC3CCCN(c4ccc(C(=O)C5CC5)cn4)C3C2)c(C(F)(F)F)cc1C(N)=O. The molecule has 1 aromatic carbocycles. The van der Waals surface area contributed by atoms with E-state index in [0.29, 0.717) is 37.3 Å². The third-order valence-corrected chi connectivity index (χ3v) is 8.96. The number of alkyl halides is 3. The Morgan fingerprint density at radius 2 is 1.81 bits per heavy atom. The molecule has 0 radical (unpaired) electrons. The molecule has 2 aliphatic carbocycles. The van der Waals surface area contributed by atoms with Gasteiger partial charge in [0.15, 0.2) is 5.78 Å². The summed E-state index contributed by atoms with van der Waals surface area (Å²) in [6.07, 6.45) is 3.09. The fourth-order valence-corrected chi connectivity index (χ4v) is 6.49. The topological polar surface area (TPSA) is 117 Å². The second-order valence-corrected chi connectivity index (χ2v) is 11.8. The molecule has 4 N–H and O–H groups in total. The number of aromatic nitrogens is 1. The predicted molar refractivity (Wildman–Crippen MR) is 154 cm³/mol. The van der Waals surface area contributed by atoms with Crippen molar-refractivity contribution in [2.24, 2.45) is 17.6 Å². The number of hydrogen-bond donors (Lipinski definition) is 3. The molecule has 2 aromatic rings. The van der Waals surface area contributed by atoms with Crippen molar-refractivity contribution in [3.8, 4) is 0 Å². The molecule has 0 bridgehead atoms. The first-order valence-electron chi connectivity index (χ1n) is 14.9. The van der Waals surface area contributed by atoms with Gasteiger partial charge in [0.05, 0.1) is 16.7 Å². The van der Waals surface area contributed by atoms with Gasteiger partial charge in [-0.2, -0.15) is 13.2 Å². The summed E-state index contributed by atoms with van der Waals surface area (Å²) in [6, 6.07) is 5.13. The van der Waals surface area contributed by atoms with Crippen LogP contribution in [0.25, 0.3) is 0 Å². The Kier molecular flexibility index (Phi) is 8.48. The van der Waals surface area contributed by atoms with E-state index in [4.69, 9.17) is 5.73 Å². The Morgan fingerprint density at radius 1 is 1.07 bits per heavy atom. The molecular formula is C31H38F3N5O3. The number of fused-ring (bicyclic) bond motifs is 1. The number of halogens is 3. The fraction of sp³-hybridized carbons (Fsp3) is 0.548. The maximum absolute atomic E-state index is 14.1. The van der Waals surface area contributed by atoms with Crippen molar-refractivity contribution in [1.82, 2.24) is 10.3 Å². The lowest BCUT2D eigenvalue weighted by Gasteiger charge is -2.38. The number of anilines is 2. The molecule has 1 aliphatic heterocycles. The van der Waals surface area contributed by atoms with Gasteiger partial charge in [-0.05, 0) is 81.5 Å². The molecule has 11 heteroatoms. The van der Waals surface area contributed by atoms with Crippen molar-refractivity contribution < 1.29 is 27.6 Å². The van der Waals surface area contributed by atoms with Crippen molar-refractivity contribution in [3.05, 3.63) is 52.7 Å². The number of nitrogens with one attached hydrogen (secondary N) is 2. The van der Waals surface area contributed by atoms with Gasteiger partial charge in [-0.25, -0.2) is 4.98 Å². The van der Waals surface area contributed by atoms with Gasteiger partial charge in [-0.15, -0.1) is 0 Å². The third-order valence-electron chi connectivity index (χ3n) is 8.96. The van der Waals surface area contributed by atoms with Crippen molar-refractivity contribution in [1.29, 1.82) is 0 Å². The predicted octanol–water partition coefficient (Wildman–Crippen LogP) is 5.57. The summed E-state index contributed by atoms with van der Waals surface area (Å²) in [5.74, 6) is -0.559. The van der Waals surface area contributed by atoms with Crippen molar-refractivity contribution in [3.63, 3.8) is 0 Å². The quantitative estimate of drug-likeness (QED) is 0.314. The second-order valence-electron chi connectivity index (χ2n) is 11.8. The molecule has 3 unspecified atom stereocenters. The minimum Gasteiger partial charge on any atom is -0.382 e. The zero-order chi connectivity index (χ0) is 30.2. The summed E-state index contributed by atoms with van der Waals surface area (Å²) < 4.78 is 42.3. The molecule has 2 amide bonds. The van der Waals surface area contributed by atoms with E-state index in [9.17, 15) is 27.6 Å². The summed E-state index contributed by atoms with van der Waals surface area (Å²) in [5, 5.41) is 5.96. The number of nitrogens with zero attached hydrogens (tertiary/aromatic N) is 2. The average molecular weight is 586 g/mol. The normalized spacial score (nSPS) is 22.1. The van der Waals surface area contributed by atoms with E-state index in [1.807, 2.05) is 26.0 Å². The second kappa shape index (κ2) is 11.9. The third kappa shape index (κ3) is 6.24. The number of benzene rings is 1. The van der Waals surface area contributed by atoms with Crippen molar-refractivity contribution in [2.45, 2.75) is 89.5 Å². The number of carbonyl (C=O) groups is 3. The maximum atomic E-state index is 14.1. The number of Topliss-reactive ketones (excluding diaryl/α,β-unsaturated/α-hetero) is 1. The van der Waals surface area contributed by atoms with Crippen LogP contribution in [0.5, 0.6) is 0 Å². The van der Waals surface area contributed by atoms with Crippen LogP contribution in [0.3, 0.4) is 0 Å². The molecule has 3 atom stereocenters. The lowest BCUT2D eigenvalue weighted by Crippen LogP contribution is -2.43. The molecule has 3 fully saturated rings. The molecule has 226 valence electrons. The van der Waals surface area contributed by atoms with Crippen LogP contribution < -0.4 is 21.3 Å². The van der Waals surface area contributed by atoms with Gasteiger partial charge in [0.1, 0.15) is 5.82 Å². The average Bonchev–Trinajstić information content (AvgIpc) is 3.73. The fourth-order valence-electron chi connectivity index (χ4n) is 6.49. The van der Waals surface area contributed by atoms with E-state index in [1.54, 1.807) is 6.20 Å². The van der Waals surface area contributed by atoms with E-state index in [2.05, 4.69) is 20.5 Å². The first-order chi connectivity index (χ1) is 20.0. The maximum Gasteiger partial charge on any atom is 0.417 e. The monoisotopic (exact) mass is 585 g/mol. The zero-order valence-corrected chi connectivity index (χ0v) is 24.0. The van der Waals surface area contributed by atoms with Gasteiger partial charge in [-0.1, -0.05) is 13.8 Å². The van der Waals surface area contributed by atoms with Crippen LogP contribution in [-0.2, 0) is 6.18 Å².